The highest BCUT2D eigenvalue weighted by Crippen LogP contribution is 2.26. The second kappa shape index (κ2) is 3.13. The minimum atomic E-state index is 0.189. The van der Waals surface area contributed by atoms with Crippen LogP contribution in [0.4, 0.5) is 0 Å². The Morgan fingerprint density at radius 3 is 3.00 bits per heavy atom. The molecule has 0 bridgehead atoms. The Kier molecular flexibility index (Phi) is 2.10. The van der Waals surface area contributed by atoms with Crippen LogP contribution in [0.3, 0.4) is 0 Å². The molecule has 1 heterocycles. The lowest BCUT2D eigenvalue weighted by molar-refractivity contribution is 0.282. The van der Waals surface area contributed by atoms with Crippen LogP contribution in [-0.4, -0.2) is 18.5 Å². The third kappa shape index (κ3) is 1.47. The molecule has 0 radical (unpaired) electrons. The molecule has 0 amide bonds. The van der Waals surface area contributed by atoms with Crippen molar-refractivity contribution in [3.05, 3.63) is 34.9 Å². The van der Waals surface area contributed by atoms with Gasteiger partial charge in [0.25, 0.3) is 0 Å². The van der Waals surface area contributed by atoms with Crippen molar-refractivity contribution in [1.82, 2.24) is 4.90 Å². The maximum absolute atomic E-state index is 6.06. The first-order valence-electron chi connectivity index (χ1n) is 4.71. The fourth-order valence-electron chi connectivity index (χ4n) is 2.06. The summed E-state index contributed by atoms with van der Waals surface area (Å²) >= 11 is 0. The second-order valence-corrected chi connectivity index (χ2v) is 3.95. The van der Waals surface area contributed by atoms with Crippen LogP contribution < -0.4 is 5.73 Å². The molecule has 0 aromatic heterocycles. The van der Waals surface area contributed by atoms with E-state index in [0.717, 1.165) is 13.1 Å². The molecule has 13 heavy (non-hydrogen) atoms. The zero-order chi connectivity index (χ0) is 9.42. The van der Waals surface area contributed by atoms with Gasteiger partial charge in [-0.1, -0.05) is 18.2 Å². The van der Waals surface area contributed by atoms with E-state index in [1.54, 1.807) is 0 Å². The molecule has 2 nitrogen and oxygen atoms in total. The first kappa shape index (κ1) is 8.73. The highest BCUT2D eigenvalue weighted by Gasteiger charge is 2.20. The predicted octanol–water partition coefficient (Wildman–Crippen LogP) is 1.44. The van der Waals surface area contributed by atoms with E-state index >= 15 is 0 Å². The second-order valence-electron chi connectivity index (χ2n) is 3.95. The molecular formula is C11H16N2. The van der Waals surface area contributed by atoms with E-state index in [-0.39, 0.29) is 6.04 Å². The normalized spacial score (nSPS) is 22.8. The molecule has 1 aliphatic heterocycles. The monoisotopic (exact) mass is 176 g/mol. The zero-order valence-corrected chi connectivity index (χ0v) is 8.25. The predicted molar refractivity (Wildman–Crippen MR) is 54.4 cm³/mol. The van der Waals surface area contributed by atoms with Gasteiger partial charge < -0.3 is 10.6 Å². The Hall–Kier alpha value is -0.860. The van der Waals surface area contributed by atoms with Crippen LogP contribution in [0.15, 0.2) is 18.2 Å². The third-order valence-corrected chi connectivity index (χ3v) is 2.78. The largest absolute Gasteiger partial charge is 0.323 e. The van der Waals surface area contributed by atoms with Crippen molar-refractivity contribution in [3.8, 4) is 0 Å². The van der Waals surface area contributed by atoms with Crippen molar-refractivity contribution in [2.75, 3.05) is 13.6 Å². The molecule has 1 aromatic carbocycles. The quantitative estimate of drug-likeness (QED) is 0.648. The van der Waals surface area contributed by atoms with Gasteiger partial charge in [-0.2, -0.15) is 0 Å². The number of benzene rings is 1. The molecule has 2 heteroatoms. The van der Waals surface area contributed by atoms with Gasteiger partial charge in [0.1, 0.15) is 0 Å². The van der Waals surface area contributed by atoms with Gasteiger partial charge in [-0.05, 0) is 30.7 Å². The van der Waals surface area contributed by atoms with E-state index in [0.29, 0.717) is 0 Å². The number of hydrogen-bond donors (Lipinski definition) is 1. The highest BCUT2D eigenvalue weighted by molar-refractivity contribution is 5.38. The van der Waals surface area contributed by atoms with Crippen molar-refractivity contribution in [3.63, 3.8) is 0 Å². The van der Waals surface area contributed by atoms with Gasteiger partial charge in [-0.25, -0.2) is 0 Å². The molecule has 70 valence electrons. The van der Waals surface area contributed by atoms with Crippen LogP contribution in [0.1, 0.15) is 22.7 Å². The Labute approximate surface area is 79.4 Å². The number of nitrogens with zero attached hydrogens (tertiary/aromatic N) is 1. The fraction of sp³-hybridized carbons (Fsp3) is 0.455. The summed E-state index contributed by atoms with van der Waals surface area (Å²) in [5.41, 5.74) is 10.2. The van der Waals surface area contributed by atoms with E-state index in [1.165, 1.54) is 16.7 Å². The Bertz CT molecular complexity index is 320. The summed E-state index contributed by atoms with van der Waals surface area (Å²) < 4.78 is 0. The molecule has 1 aromatic rings. The van der Waals surface area contributed by atoms with Crippen LogP contribution >= 0.6 is 0 Å². The van der Waals surface area contributed by atoms with Crippen molar-refractivity contribution in [2.45, 2.75) is 19.5 Å². The van der Waals surface area contributed by atoms with Crippen molar-refractivity contribution in [1.29, 1.82) is 0 Å². The summed E-state index contributed by atoms with van der Waals surface area (Å²) in [4.78, 5) is 2.28. The summed E-state index contributed by atoms with van der Waals surface area (Å²) in [5, 5.41) is 0. The molecule has 0 fully saturated rings. The molecule has 0 spiro atoms. The van der Waals surface area contributed by atoms with Crippen molar-refractivity contribution < 1.29 is 0 Å². The number of nitrogens with two attached hydrogens (primary N) is 1. The molecule has 2 N–H and O–H groups in total. The highest BCUT2D eigenvalue weighted by atomic mass is 15.1. The van der Waals surface area contributed by atoms with Crippen molar-refractivity contribution >= 4 is 0 Å². The van der Waals surface area contributed by atoms with Gasteiger partial charge in [0.15, 0.2) is 0 Å². The fourth-order valence-corrected chi connectivity index (χ4v) is 2.06. The Morgan fingerprint density at radius 1 is 1.46 bits per heavy atom. The number of likely N-dealkylation sites (N-methyl/N-ethyl adjacent to an activating group) is 1. The number of aryl methyl sites for hydroxylation is 1. The number of hydrogen-bond acceptors (Lipinski definition) is 2. The molecule has 1 unspecified atom stereocenters. The minimum absolute atomic E-state index is 0.189. The van der Waals surface area contributed by atoms with E-state index in [4.69, 9.17) is 5.73 Å². The third-order valence-electron chi connectivity index (χ3n) is 2.78. The van der Waals surface area contributed by atoms with Gasteiger partial charge in [0.2, 0.25) is 0 Å². The van der Waals surface area contributed by atoms with Crippen LogP contribution in [-0.2, 0) is 6.54 Å². The number of rotatable bonds is 0. The Balaban J connectivity index is 2.49. The topological polar surface area (TPSA) is 29.3 Å². The molecular weight excluding hydrogens is 160 g/mol. The zero-order valence-electron chi connectivity index (χ0n) is 8.25. The van der Waals surface area contributed by atoms with E-state index < -0.39 is 0 Å². The summed E-state index contributed by atoms with van der Waals surface area (Å²) in [5.74, 6) is 0. The van der Waals surface area contributed by atoms with Gasteiger partial charge in [0, 0.05) is 19.1 Å². The van der Waals surface area contributed by atoms with E-state index in [9.17, 15) is 0 Å². The summed E-state index contributed by atoms with van der Waals surface area (Å²) in [7, 11) is 2.12. The van der Waals surface area contributed by atoms with E-state index in [2.05, 4.69) is 37.1 Å². The standard InChI is InChI=1S/C11H16N2/c1-8-4-3-5-9-10(8)6-13(2)7-11(9)12/h3-5,11H,6-7,12H2,1-2H3. The maximum atomic E-state index is 6.06. The average Bonchev–Trinajstić information content (AvgIpc) is 2.07. The summed E-state index contributed by atoms with van der Waals surface area (Å²) in [6.07, 6.45) is 0. The summed E-state index contributed by atoms with van der Waals surface area (Å²) in [6.45, 7) is 4.16. The first-order valence-corrected chi connectivity index (χ1v) is 4.71. The van der Waals surface area contributed by atoms with Crippen LogP contribution in [0.2, 0.25) is 0 Å². The molecule has 1 aliphatic rings. The lowest BCUT2D eigenvalue weighted by Gasteiger charge is -2.30. The number of fused-ring (bicyclic) bond motifs is 1. The van der Waals surface area contributed by atoms with Gasteiger partial charge >= 0.3 is 0 Å². The van der Waals surface area contributed by atoms with Crippen molar-refractivity contribution in [2.24, 2.45) is 5.73 Å². The molecule has 0 aliphatic carbocycles. The SMILES string of the molecule is Cc1cccc2c1CN(C)CC2N. The van der Waals surface area contributed by atoms with Gasteiger partial charge in [0.05, 0.1) is 0 Å². The molecule has 0 saturated carbocycles. The lowest BCUT2D eigenvalue weighted by Crippen LogP contribution is -2.34. The first-order chi connectivity index (χ1) is 6.18. The average molecular weight is 176 g/mol. The van der Waals surface area contributed by atoms with E-state index in [1.807, 2.05) is 0 Å². The Morgan fingerprint density at radius 2 is 2.23 bits per heavy atom. The van der Waals surface area contributed by atoms with Crippen LogP contribution in [0.5, 0.6) is 0 Å². The molecule has 1 atom stereocenters. The smallest absolute Gasteiger partial charge is 0.0427 e. The summed E-state index contributed by atoms with van der Waals surface area (Å²) in [6, 6.07) is 6.60. The van der Waals surface area contributed by atoms with Gasteiger partial charge in [-0.15, -0.1) is 0 Å². The lowest BCUT2D eigenvalue weighted by atomic mass is 9.93. The van der Waals surface area contributed by atoms with Crippen LogP contribution in [0, 0.1) is 6.92 Å². The minimum Gasteiger partial charge on any atom is -0.323 e. The molecule has 2 rings (SSSR count). The van der Waals surface area contributed by atoms with Crippen LogP contribution in [0.25, 0.3) is 0 Å². The maximum Gasteiger partial charge on any atom is 0.0427 e. The van der Waals surface area contributed by atoms with Gasteiger partial charge in [-0.3, -0.25) is 0 Å². The molecule has 0 saturated heterocycles.